The van der Waals surface area contributed by atoms with Crippen LogP contribution in [0.4, 0.5) is 4.39 Å². The second-order valence-corrected chi connectivity index (χ2v) is 8.29. The van der Waals surface area contributed by atoms with Crippen LogP contribution in [0.2, 0.25) is 0 Å². The van der Waals surface area contributed by atoms with Crippen LogP contribution in [0.1, 0.15) is 30.5 Å². The summed E-state index contributed by atoms with van der Waals surface area (Å²) in [6.45, 7) is 3.14. The Morgan fingerprint density at radius 1 is 1.40 bits per heavy atom. The Balaban J connectivity index is 2.18. The van der Waals surface area contributed by atoms with Gasteiger partial charge in [-0.1, -0.05) is 28.9 Å². The number of benzene rings is 1. The monoisotopic (exact) mass is 467 g/mol. The first-order valence-electron chi connectivity index (χ1n) is 6.51. The largest absolute Gasteiger partial charge is 0.310 e. The highest BCUT2D eigenvalue weighted by molar-refractivity contribution is 14.1. The fourth-order valence-corrected chi connectivity index (χ4v) is 3.98. The van der Waals surface area contributed by atoms with Crippen LogP contribution in [0, 0.1) is 8.70 Å². The van der Waals surface area contributed by atoms with E-state index in [1.54, 1.807) is 11.3 Å². The highest BCUT2D eigenvalue weighted by atomic mass is 127. The van der Waals surface area contributed by atoms with E-state index in [0.717, 1.165) is 29.4 Å². The highest BCUT2D eigenvalue weighted by Gasteiger charge is 2.15. The van der Waals surface area contributed by atoms with E-state index >= 15 is 0 Å². The molecule has 1 heterocycles. The van der Waals surface area contributed by atoms with Crippen molar-refractivity contribution in [2.75, 3.05) is 6.54 Å². The molecule has 0 bridgehead atoms. The molecule has 1 nitrogen and oxygen atoms in total. The average molecular weight is 468 g/mol. The van der Waals surface area contributed by atoms with Crippen molar-refractivity contribution < 1.29 is 4.39 Å². The molecule has 1 atom stereocenters. The summed E-state index contributed by atoms with van der Waals surface area (Å²) in [5, 5.41) is 5.78. The predicted octanol–water partition coefficient (Wildman–Crippen LogP) is 5.54. The lowest BCUT2D eigenvalue weighted by Crippen LogP contribution is -2.23. The van der Waals surface area contributed by atoms with E-state index in [1.165, 1.54) is 20.6 Å². The van der Waals surface area contributed by atoms with Gasteiger partial charge in [-0.2, -0.15) is 0 Å². The number of rotatable bonds is 6. The van der Waals surface area contributed by atoms with E-state index in [2.05, 4.69) is 62.2 Å². The minimum Gasteiger partial charge on any atom is -0.310 e. The van der Waals surface area contributed by atoms with Crippen molar-refractivity contribution in [3.05, 3.63) is 53.9 Å². The lowest BCUT2D eigenvalue weighted by atomic mass is 10.0. The second kappa shape index (κ2) is 7.87. The van der Waals surface area contributed by atoms with Crippen molar-refractivity contribution in [2.45, 2.75) is 25.8 Å². The van der Waals surface area contributed by atoms with Crippen LogP contribution in [-0.2, 0) is 6.42 Å². The van der Waals surface area contributed by atoms with Crippen LogP contribution in [0.5, 0.6) is 0 Å². The average Bonchev–Trinajstić information content (AvgIpc) is 2.83. The Morgan fingerprint density at radius 2 is 2.20 bits per heavy atom. The maximum absolute atomic E-state index is 13.2. The van der Waals surface area contributed by atoms with Gasteiger partial charge in [-0.25, -0.2) is 4.39 Å². The molecule has 0 saturated heterocycles. The molecule has 0 spiro atoms. The van der Waals surface area contributed by atoms with Crippen LogP contribution in [0.25, 0.3) is 0 Å². The Kier molecular flexibility index (Phi) is 6.45. The van der Waals surface area contributed by atoms with Crippen LogP contribution in [0.3, 0.4) is 0 Å². The number of thiophene rings is 1. The minimum atomic E-state index is -0.205. The van der Waals surface area contributed by atoms with Crippen LogP contribution in [-0.4, -0.2) is 6.54 Å². The van der Waals surface area contributed by atoms with Crippen molar-refractivity contribution in [3.63, 3.8) is 0 Å². The van der Waals surface area contributed by atoms with Gasteiger partial charge in [-0.05, 0) is 76.7 Å². The van der Waals surface area contributed by atoms with Gasteiger partial charge in [0.05, 0.1) is 2.88 Å². The first-order chi connectivity index (χ1) is 9.60. The minimum absolute atomic E-state index is 0.205. The molecule has 1 N–H and O–H groups in total. The summed E-state index contributed by atoms with van der Waals surface area (Å²) in [5.74, 6) is -0.205. The van der Waals surface area contributed by atoms with Gasteiger partial charge in [0.25, 0.3) is 0 Å². The number of halogens is 3. The first kappa shape index (κ1) is 16.4. The molecule has 20 heavy (non-hydrogen) atoms. The molecule has 1 aromatic carbocycles. The van der Waals surface area contributed by atoms with Gasteiger partial charge in [-0.15, -0.1) is 11.3 Å². The Morgan fingerprint density at radius 3 is 2.80 bits per heavy atom. The zero-order valence-electron chi connectivity index (χ0n) is 11.1. The molecular formula is C15H16BrFINS. The van der Waals surface area contributed by atoms with Gasteiger partial charge >= 0.3 is 0 Å². The summed E-state index contributed by atoms with van der Waals surface area (Å²) >= 11 is 7.56. The van der Waals surface area contributed by atoms with Crippen LogP contribution < -0.4 is 5.32 Å². The summed E-state index contributed by atoms with van der Waals surface area (Å²) in [5.41, 5.74) is 2.44. The summed E-state index contributed by atoms with van der Waals surface area (Å²) < 4.78 is 15.3. The fraction of sp³-hybridized carbons (Fsp3) is 0.333. The third kappa shape index (κ3) is 4.51. The molecule has 1 aromatic heterocycles. The molecule has 0 aliphatic rings. The first-order valence-corrected chi connectivity index (χ1v) is 9.26. The molecule has 0 aliphatic heterocycles. The second-order valence-electron chi connectivity index (χ2n) is 4.63. The maximum atomic E-state index is 13.2. The number of nitrogens with one attached hydrogen (secondary N) is 1. The summed E-state index contributed by atoms with van der Waals surface area (Å²) in [6.07, 6.45) is 1.95. The summed E-state index contributed by atoms with van der Waals surface area (Å²) in [6, 6.07) is 7.40. The number of hydrogen-bond donors (Lipinski definition) is 1. The number of hydrogen-bond acceptors (Lipinski definition) is 2. The van der Waals surface area contributed by atoms with Crippen LogP contribution >= 0.6 is 49.9 Å². The molecule has 0 saturated carbocycles. The molecule has 1 unspecified atom stereocenters. The van der Waals surface area contributed by atoms with E-state index in [-0.39, 0.29) is 11.9 Å². The Hall–Kier alpha value is 0.0200. The fourth-order valence-electron chi connectivity index (χ4n) is 2.04. The van der Waals surface area contributed by atoms with Gasteiger partial charge in [0.15, 0.2) is 0 Å². The molecule has 5 heteroatoms. The maximum Gasteiger partial charge on any atom is 0.124 e. The lowest BCUT2D eigenvalue weighted by Gasteiger charge is -2.18. The quantitative estimate of drug-likeness (QED) is 0.550. The molecule has 108 valence electrons. The highest BCUT2D eigenvalue weighted by Crippen LogP contribution is 2.28. The third-order valence-electron chi connectivity index (χ3n) is 3.07. The van der Waals surface area contributed by atoms with Crippen molar-refractivity contribution in [3.8, 4) is 0 Å². The normalized spacial score (nSPS) is 12.6. The van der Waals surface area contributed by atoms with Gasteiger partial charge in [0, 0.05) is 10.5 Å². The summed E-state index contributed by atoms with van der Waals surface area (Å²) in [7, 11) is 0. The van der Waals surface area contributed by atoms with Gasteiger partial charge < -0.3 is 5.32 Å². The van der Waals surface area contributed by atoms with Gasteiger partial charge in [-0.3, -0.25) is 0 Å². The van der Waals surface area contributed by atoms with Crippen molar-refractivity contribution in [1.29, 1.82) is 0 Å². The van der Waals surface area contributed by atoms with E-state index < -0.39 is 0 Å². The van der Waals surface area contributed by atoms with Gasteiger partial charge in [0.1, 0.15) is 5.82 Å². The predicted molar refractivity (Wildman–Crippen MR) is 95.9 cm³/mol. The Labute approximate surface area is 145 Å². The molecule has 0 aliphatic carbocycles. The molecule has 0 fully saturated rings. The standard InChI is InChI=1S/C15H16BrFINS/c1-2-5-19-14(11-7-15(18)20-9-11)6-10-3-4-12(17)8-13(10)16/h3-4,7-9,14,19H,2,5-6H2,1H3. The van der Waals surface area contributed by atoms with E-state index in [9.17, 15) is 4.39 Å². The van der Waals surface area contributed by atoms with Crippen LogP contribution in [0.15, 0.2) is 34.1 Å². The third-order valence-corrected chi connectivity index (χ3v) is 5.62. The Bertz CT molecular complexity index is 573. The molecule has 0 amide bonds. The van der Waals surface area contributed by atoms with Crippen molar-refractivity contribution >= 4 is 49.9 Å². The summed E-state index contributed by atoms with van der Waals surface area (Å²) in [4.78, 5) is 0. The molecule has 0 radical (unpaired) electrons. The topological polar surface area (TPSA) is 12.0 Å². The molecular weight excluding hydrogens is 452 g/mol. The van der Waals surface area contributed by atoms with Crippen molar-refractivity contribution in [1.82, 2.24) is 5.32 Å². The van der Waals surface area contributed by atoms with E-state index in [1.807, 2.05) is 6.07 Å². The zero-order chi connectivity index (χ0) is 14.5. The van der Waals surface area contributed by atoms with E-state index in [4.69, 9.17) is 0 Å². The van der Waals surface area contributed by atoms with E-state index in [0.29, 0.717) is 0 Å². The zero-order valence-corrected chi connectivity index (χ0v) is 15.7. The molecule has 2 rings (SSSR count). The SMILES string of the molecule is CCCNC(Cc1ccc(F)cc1Br)c1csc(I)c1. The lowest BCUT2D eigenvalue weighted by molar-refractivity contribution is 0.529. The molecule has 2 aromatic rings. The van der Waals surface area contributed by atoms with Gasteiger partial charge in [0.2, 0.25) is 0 Å². The van der Waals surface area contributed by atoms with Crippen molar-refractivity contribution in [2.24, 2.45) is 0 Å². The smallest absolute Gasteiger partial charge is 0.124 e.